The Hall–Kier alpha value is -1.88. The number of hydrogen-bond donors (Lipinski definition) is 3. The minimum atomic E-state index is -0.312. The summed E-state index contributed by atoms with van der Waals surface area (Å²) in [7, 11) is 1.55. The van der Waals surface area contributed by atoms with Crippen molar-refractivity contribution in [2.75, 3.05) is 13.6 Å². The van der Waals surface area contributed by atoms with Gasteiger partial charge in [-0.1, -0.05) is 12.5 Å². The number of hydrogen-bond acceptors (Lipinski definition) is 3. The first-order valence-electron chi connectivity index (χ1n) is 6.90. The quantitative estimate of drug-likeness (QED) is 0.765. The number of amides is 2. The highest BCUT2D eigenvalue weighted by molar-refractivity contribution is 5.99. The van der Waals surface area contributed by atoms with E-state index in [2.05, 4.69) is 10.6 Å². The van der Waals surface area contributed by atoms with Crippen LogP contribution in [-0.2, 0) is 0 Å². The molecule has 5 nitrogen and oxygen atoms in total. The molecular formula is C15H20N2O3. The summed E-state index contributed by atoms with van der Waals surface area (Å²) in [5.74, 6) is -0.290. The molecule has 108 valence electrons. The summed E-state index contributed by atoms with van der Waals surface area (Å²) in [6, 6.07) is 6.59. The number of benzene rings is 1. The summed E-state index contributed by atoms with van der Waals surface area (Å²) in [6.45, 7) is 0.476. The number of rotatable bonds is 4. The molecule has 20 heavy (non-hydrogen) atoms. The number of nitrogens with one attached hydrogen (secondary N) is 2. The normalized spacial score (nSPS) is 21.5. The predicted molar refractivity (Wildman–Crippen MR) is 75.5 cm³/mol. The van der Waals surface area contributed by atoms with E-state index in [4.69, 9.17) is 0 Å². The third-order valence-corrected chi connectivity index (χ3v) is 3.76. The van der Waals surface area contributed by atoms with Gasteiger partial charge in [0, 0.05) is 30.6 Å². The van der Waals surface area contributed by atoms with E-state index < -0.39 is 0 Å². The molecule has 1 aliphatic carbocycles. The minimum absolute atomic E-state index is 0.140. The molecule has 0 heterocycles. The van der Waals surface area contributed by atoms with E-state index in [-0.39, 0.29) is 23.8 Å². The lowest BCUT2D eigenvalue weighted by Crippen LogP contribution is -2.32. The summed E-state index contributed by atoms with van der Waals surface area (Å²) in [5.41, 5.74) is 0.916. The Balaban J connectivity index is 1.96. The van der Waals surface area contributed by atoms with Gasteiger partial charge in [0.25, 0.3) is 11.8 Å². The number of aliphatic hydroxyl groups is 1. The van der Waals surface area contributed by atoms with E-state index in [1.807, 2.05) is 0 Å². The summed E-state index contributed by atoms with van der Waals surface area (Å²) in [4.78, 5) is 23.6. The zero-order valence-corrected chi connectivity index (χ0v) is 11.6. The largest absolute Gasteiger partial charge is 0.393 e. The second kappa shape index (κ2) is 6.52. The van der Waals surface area contributed by atoms with Crippen LogP contribution in [0.3, 0.4) is 0 Å². The summed E-state index contributed by atoms with van der Waals surface area (Å²) in [6.07, 6.45) is 2.45. The van der Waals surface area contributed by atoms with Crippen LogP contribution in [0, 0.1) is 5.92 Å². The van der Waals surface area contributed by atoms with Gasteiger partial charge in [0.2, 0.25) is 0 Å². The van der Waals surface area contributed by atoms with Crippen LogP contribution >= 0.6 is 0 Å². The van der Waals surface area contributed by atoms with E-state index in [0.29, 0.717) is 17.7 Å². The van der Waals surface area contributed by atoms with E-state index in [0.717, 1.165) is 19.3 Å². The van der Waals surface area contributed by atoms with Crippen molar-refractivity contribution in [3.63, 3.8) is 0 Å². The molecule has 3 N–H and O–H groups in total. The zero-order chi connectivity index (χ0) is 14.5. The lowest BCUT2D eigenvalue weighted by atomic mass is 10.1. The van der Waals surface area contributed by atoms with E-state index >= 15 is 0 Å². The molecule has 2 atom stereocenters. The Morgan fingerprint density at radius 2 is 1.95 bits per heavy atom. The molecule has 5 heteroatoms. The second-order valence-corrected chi connectivity index (χ2v) is 5.13. The Morgan fingerprint density at radius 3 is 2.55 bits per heavy atom. The molecule has 0 bridgehead atoms. The molecule has 0 aliphatic heterocycles. The summed E-state index contributed by atoms with van der Waals surface area (Å²) < 4.78 is 0. The fourth-order valence-electron chi connectivity index (χ4n) is 2.53. The van der Waals surface area contributed by atoms with Crippen molar-refractivity contribution in [2.24, 2.45) is 5.92 Å². The third kappa shape index (κ3) is 3.36. The van der Waals surface area contributed by atoms with Crippen LogP contribution in [0.2, 0.25) is 0 Å². The lowest BCUT2D eigenvalue weighted by molar-refractivity contribution is 0.0916. The van der Waals surface area contributed by atoms with Crippen molar-refractivity contribution in [1.82, 2.24) is 10.6 Å². The van der Waals surface area contributed by atoms with Crippen molar-refractivity contribution in [1.29, 1.82) is 0 Å². The van der Waals surface area contributed by atoms with Crippen LogP contribution < -0.4 is 10.6 Å². The van der Waals surface area contributed by atoms with Crippen LogP contribution in [0.25, 0.3) is 0 Å². The fraction of sp³-hybridized carbons (Fsp3) is 0.467. The van der Waals surface area contributed by atoms with Gasteiger partial charge in [-0.15, -0.1) is 0 Å². The number of carbonyl (C=O) groups is 2. The third-order valence-electron chi connectivity index (χ3n) is 3.76. The lowest BCUT2D eigenvalue weighted by Gasteiger charge is -2.15. The van der Waals surface area contributed by atoms with Crippen LogP contribution in [-0.4, -0.2) is 36.6 Å². The molecule has 0 radical (unpaired) electrons. The van der Waals surface area contributed by atoms with Crippen molar-refractivity contribution in [3.8, 4) is 0 Å². The van der Waals surface area contributed by atoms with Gasteiger partial charge in [-0.05, 0) is 31.0 Å². The van der Waals surface area contributed by atoms with E-state index in [9.17, 15) is 14.7 Å². The van der Waals surface area contributed by atoms with E-state index in [1.165, 1.54) is 0 Å². The first-order valence-corrected chi connectivity index (χ1v) is 6.90. The minimum Gasteiger partial charge on any atom is -0.393 e. The molecule has 1 aromatic carbocycles. The van der Waals surface area contributed by atoms with Gasteiger partial charge < -0.3 is 15.7 Å². The fourth-order valence-corrected chi connectivity index (χ4v) is 2.53. The summed E-state index contributed by atoms with van der Waals surface area (Å²) in [5, 5.41) is 15.1. The van der Waals surface area contributed by atoms with Crippen LogP contribution in [0.5, 0.6) is 0 Å². The number of aliphatic hydroxyl groups excluding tert-OH is 1. The average Bonchev–Trinajstić information content (AvgIpc) is 2.89. The van der Waals surface area contributed by atoms with Crippen LogP contribution in [0.1, 0.15) is 40.0 Å². The molecule has 1 aliphatic rings. The van der Waals surface area contributed by atoms with Gasteiger partial charge in [-0.3, -0.25) is 9.59 Å². The second-order valence-electron chi connectivity index (χ2n) is 5.13. The predicted octanol–water partition coefficient (Wildman–Crippen LogP) is 0.937. The average molecular weight is 276 g/mol. The van der Waals surface area contributed by atoms with Gasteiger partial charge in [0.05, 0.1) is 6.10 Å². The van der Waals surface area contributed by atoms with Gasteiger partial charge in [0.1, 0.15) is 0 Å². The van der Waals surface area contributed by atoms with Crippen molar-refractivity contribution >= 4 is 11.8 Å². The van der Waals surface area contributed by atoms with Gasteiger partial charge in [-0.25, -0.2) is 0 Å². The maximum absolute atomic E-state index is 12.0. The van der Waals surface area contributed by atoms with Gasteiger partial charge >= 0.3 is 0 Å². The molecular weight excluding hydrogens is 256 g/mol. The van der Waals surface area contributed by atoms with Gasteiger partial charge in [0.15, 0.2) is 0 Å². The number of carbonyl (C=O) groups excluding carboxylic acids is 2. The molecule has 0 aromatic heterocycles. The zero-order valence-electron chi connectivity index (χ0n) is 11.6. The van der Waals surface area contributed by atoms with Crippen molar-refractivity contribution in [3.05, 3.63) is 35.4 Å². The topological polar surface area (TPSA) is 78.4 Å². The van der Waals surface area contributed by atoms with Crippen molar-refractivity contribution in [2.45, 2.75) is 25.4 Å². The molecule has 1 fully saturated rings. The van der Waals surface area contributed by atoms with Gasteiger partial charge in [-0.2, -0.15) is 0 Å². The smallest absolute Gasteiger partial charge is 0.251 e. The Kier molecular flexibility index (Phi) is 4.74. The highest BCUT2D eigenvalue weighted by Gasteiger charge is 2.25. The monoisotopic (exact) mass is 276 g/mol. The molecule has 0 spiro atoms. The Bertz CT molecular complexity index is 502. The Labute approximate surface area is 118 Å². The Morgan fingerprint density at radius 1 is 1.25 bits per heavy atom. The molecule has 2 rings (SSSR count). The summed E-state index contributed by atoms with van der Waals surface area (Å²) >= 11 is 0. The maximum Gasteiger partial charge on any atom is 0.251 e. The molecule has 0 saturated heterocycles. The highest BCUT2D eigenvalue weighted by atomic mass is 16.3. The first kappa shape index (κ1) is 14.5. The first-order chi connectivity index (χ1) is 9.61. The maximum atomic E-state index is 12.0. The van der Waals surface area contributed by atoms with Crippen LogP contribution in [0.4, 0.5) is 0 Å². The molecule has 1 aromatic rings. The van der Waals surface area contributed by atoms with E-state index in [1.54, 1.807) is 31.3 Å². The van der Waals surface area contributed by atoms with Crippen molar-refractivity contribution < 1.29 is 14.7 Å². The molecule has 1 saturated carbocycles. The molecule has 2 amide bonds. The molecule has 2 unspecified atom stereocenters. The standard InChI is InChI=1S/C15H20N2O3/c1-16-14(19)10-4-2-5-11(8-10)15(20)17-9-12-6-3-7-13(12)18/h2,4-5,8,12-13,18H,3,6-7,9H2,1H3,(H,16,19)(H,17,20). The highest BCUT2D eigenvalue weighted by Crippen LogP contribution is 2.24. The van der Waals surface area contributed by atoms with Crippen LogP contribution in [0.15, 0.2) is 24.3 Å². The SMILES string of the molecule is CNC(=O)c1cccc(C(=O)NCC2CCCC2O)c1.